The molecule has 1 aromatic rings. The van der Waals surface area contributed by atoms with Gasteiger partial charge in [-0.2, -0.15) is 0 Å². The van der Waals surface area contributed by atoms with E-state index in [1.54, 1.807) is 24.3 Å². The van der Waals surface area contributed by atoms with Crippen LogP contribution in [0.4, 0.5) is 5.69 Å². The van der Waals surface area contributed by atoms with Crippen molar-refractivity contribution in [1.29, 1.82) is 0 Å². The molecule has 0 bridgehead atoms. The van der Waals surface area contributed by atoms with Crippen molar-refractivity contribution in [3.63, 3.8) is 0 Å². The van der Waals surface area contributed by atoms with Gasteiger partial charge in [0, 0.05) is 18.8 Å². The molecule has 3 N–H and O–H groups in total. The zero-order chi connectivity index (χ0) is 15.2. The van der Waals surface area contributed by atoms with Crippen LogP contribution in [-0.4, -0.2) is 17.7 Å². The fourth-order valence-corrected chi connectivity index (χ4v) is 1.83. The van der Waals surface area contributed by atoms with E-state index in [9.17, 15) is 14.4 Å². The van der Waals surface area contributed by atoms with Crippen LogP contribution in [0.5, 0.6) is 0 Å². The van der Waals surface area contributed by atoms with Crippen LogP contribution >= 0.6 is 11.6 Å². The summed E-state index contributed by atoms with van der Waals surface area (Å²) in [4.78, 5) is 34.5. The minimum Gasteiger partial charge on any atom is -0.325 e. The zero-order valence-electron chi connectivity index (χ0n) is 11.3. The van der Waals surface area contributed by atoms with Crippen molar-refractivity contribution in [1.82, 2.24) is 10.9 Å². The van der Waals surface area contributed by atoms with Gasteiger partial charge in [0.1, 0.15) is 0 Å². The number of hydrogen-bond donors (Lipinski definition) is 3. The van der Waals surface area contributed by atoms with Crippen LogP contribution in [-0.2, 0) is 14.4 Å². The first-order valence-electron chi connectivity index (χ1n) is 6.69. The summed E-state index contributed by atoms with van der Waals surface area (Å²) in [6, 6.07) is 6.85. The van der Waals surface area contributed by atoms with Gasteiger partial charge in [0.2, 0.25) is 17.7 Å². The van der Waals surface area contributed by atoms with E-state index in [1.165, 1.54) is 0 Å². The number of carbonyl (C=O) groups is 3. The van der Waals surface area contributed by atoms with Gasteiger partial charge in [0.05, 0.1) is 10.7 Å². The predicted octanol–water partition coefficient (Wildman–Crippen LogP) is 1.62. The fourth-order valence-electron chi connectivity index (χ4n) is 1.64. The third kappa shape index (κ3) is 5.07. The normalized spacial score (nSPS) is 13.4. The molecule has 0 heterocycles. The lowest BCUT2D eigenvalue weighted by Gasteiger charge is -2.08. The molecule has 1 aliphatic rings. The van der Waals surface area contributed by atoms with Gasteiger partial charge < -0.3 is 5.32 Å². The number of hydrazine groups is 1. The Balaban J connectivity index is 1.67. The number of hydrogen-bond acceptors (Lipinski definition) is 3. The maximum absolute atomic E-state index is 11.7. The summed E-state index contributed by atoms with van der Waals surface area (Å²) in [6.45, 7) is 0. The number of anilines is 1. The Labute approximate surface area is 127 Å². The van der Waals surface area contributed by atoms with E-state index in [-0.39, 0.29) is 30.6 Å². The molecule has 0 aliphatic heterocycles. The van der Waals surface area contributed by atoms with Crippen LogP contribution in [0.3, 0.4) is 0 Å². The number of nitrogens with one attached hydrogen (secondary N) is 3. The van der Waals surface area contributed by atoms with Gasteiger partial charge in [-0.05, 0) is 25.0 Å². The lowest BCUT2D eigenvalue weighted by Crippen LogP contribution is -2.42. The molecule has 1 aliphatic carbocycles. The van der Waals surface area contributed by atoms with E-state index in [0.29, 0.717) is 10.7 Å². The van der Waals surface area contributed by atoms with Crippen LogP contribution in [0.1, 0.15) is 25.7 Å². The van der Waals surface area contributed by atoms with E-state index in [1.807, 2.05) is 0 Å². The summed E-state index contributed by atoms with van der Waals surface area (Å²) >= 11 is 5.91. The van der Waals surface area contributed by atoms with Gasteiger partial charge in [-0.1, -0.05) is 23.7 Å². The van der Waals surface area contributed by atoms with Crippen LogP contribution in [0.25, 0.3) is 0 Å². The van der Waals surface area contributed by atoms with Crippen LogP contribution < -0.4 is 16.2 Å². The van der Waals surface area contributed by atoms with E-state index in [0.717, 1.165) is 12.8 Å². The standard InChI is InChI=1S/C14H16ClN3O3/c15-10-3-1-2-4-11(10)16-12(19)7-8-13(20)17-18-14(21)9-5-6-9/h1-4,9H,5-8H2,(H,16,19)(H,17,20)(H,18,21). The first-order valence-corrected chi connectivity index (χ1v) is 7.07. The minimum atomic E-state index is -0.404. The van der Waals surface area contributed by atoms with Crippen LogP contribution in [0.15, 0.2) is 24.3 Å². The smallest absolute Gasteiger partial charge is 0.241 e. The van der Waals surface area contributed by atoms with Crippen molar-refractivity contribution in [3.05, 3.63) is 29.3 Å². The number of benzene rings is 1. The molecule has 0 radical (unpaired) electrons. The van der Waals surface area contributed by atoms with Gasteiger partial charge in [-0.15, -0.1) is 0 Å². The molecule has 1 aromatic carbocycles. The molecule has 1 fully saturated rings. The highest BCUT2D eigenvalue weighted by atomic mass is 35.5. The highest BCUT2D eigenvalue weighted by molar-refractivity contribution is 6.33. The second-order valence-corrected chi connectivity index (χ2v) is 5.25. The number of halogens is 1. The van der Waals surface area contributed by atoms with Crippen LogP contribution in [0, 0.1) is 5.92 Å². The summed E-state index contributed by atoms with van der Waals surface area (Å²) in [6.07, 6.45) is 1.72. The number of carbonyl (C=O) groups excluding carboxylic acids is 3. The molecular formula is C14H16ClN3O3. The first kappa shape index (κ1) is 15.3. The third-order valence-corrected chi connectivity index (χ3v) is 3.33. The Bertz CT molecular complexity index is 558. The zero-order valence-corrected chi connectivity index (χ0v) is 12.1. The number of para-hydroxylation sites is 1. The van der Waals surface area contributed by atoms with Crippen molar-refractivity contribution in [3.8, 4) is 0 Å². The molecule has 21 heavy (non-hydrogen) atoms. The van der Waals surface area contributed by atoms with Gasteiger partial charge >= 0.3 is 0 Å². The second-order valence-electron chi connectivity index (χ2n) is 4.84. The summed E-state index contributed by atoms with van der Waals surface area (Å²) in [7, 11) is 0. The average molecular weight is 310 g/mol. The monoisotopic (exact) mass is 309 g/mol. The van der Waals surface area contributed by atoms with E-state index in [2.05, 4.69) is 16.2 Å². The first-order chi connectivity index (χ1) is 10.1. The van der Waals surface area contributed by atoms with Gasteiger partial charge in [-0.25, -0.2) is 0 Å². The van der Waals surface area contributed by atoms with E-state index < -0.39 is 5.91 Å². The summed E-state index contributed by atoms with van der Waals surface area (Å²) < 4.78 is 0. The molecule has 0 saturated heterocycles. The summed E-state index contributed by atoms with van der Waals surface area (Å²) in [5.41, 5.74) is 5.13. The molecular weight excluding hydrogens is 294 g/mol. The molecule has 0 spiro atoms. The van der Waals surface area contributed by atoms with Crippen molar-refractivity contribution in [2.45, 2.75) is 25.7 Å². The van der Waals surface area contributed by atoms with Crippen molar-refractivity contribution in [2.75, 3.05) is 5.32 Å². The SMILES string of the molecule is O=C(CCC(=O)Nc1ccccc1Cl)NNC(=O)C1CC1. The highest BCUT2D eigenvalue weighted by Gasteiger charge is 2.29. The lowest BCUT2D eigenvalue weighted by atomic mass is 10.2. The third-order valence-electron chi connectivity index (χ3n) is 3.00. The molecule has 0 aromatic heterocycles. The molecule has 3 amide bonds. The van der Waals surface area contributed by atoms with Crippen molar-refractivity contribution in [2.24, 2.45) is 5.92 Å². The Kier molecular flexibility index (Phi) is 5.16. The molecule has 0 unspecified atom stereocenters. The lowest BCUT2D eigenvalue weighted by molar-refractivity contribution is -0.130. The average Bonchev–Trinajstić information content (AvgIpc) is 3.29. The molecule has 6 nitrogen and oxygen atoms in total. The topological polar surface area (TPSA) is 87.3 Å². The summed E-state index contributed by atoms with van der Waals surface area (Å²) in [5, 5.41) is 3.06. The minimum absolute atomic E-state index is 0.0103. The Morgan fingerprint density at radius 2 is 1.71 bits per heavy atom. The van der Waals surface area contributed by atoms with Gasteiger partial charge in [-0.3, -0.25) is 25.2 Å². The Morgan fingerprint density at radius 1 is 1.05 bits per heavy atom. The molecule has 112 valence electrons. The fraction of sp³-hybridized carbons (Fsp3) is 0.357. The molecule has 2 rings (SSSR count). The quantitative estimate of drug-likeness (QED) is 0.722. The highest BCUT2D eigenvalue weighted by Crippen LogP contribution is 2.28. The number of amides is 3. The van der Waals surface area contributed by atoms with Gasteiger partial charge in [0.25, 0.3) is 0 Å². The van der Waals surface area contributed by atoms with Crippen LogP contribution in [0.2, 0.25) is 5.02 Å². The van der Waals surface area contributed by atoms with Crippen molar-refractivity contribution < 1.29 is 14.4 Å². The van der Waals surface area contributed by atoms with Gasteiger partial charge in [0.15, 0.2) is 0 Å². The van der Waals surface area contributed by atoms with Crippen molar-refractivity contribution >= 4 is 35.0 Å². The predicted molar refractivity (Wildman–Crippen MR) is 78.3 cm³/mol. The number of rotatable bonds is 5. The Morgan fingerprint density at radius 3 is 2.38 bits per heavy atom. The van der Waals surface area contributed by atoms with E-state index in [4.69, 9.17) is 11.6 Å². The second kappa shape index (κ2) is 7.08. The summed E-state index contributed by atoms with van der Waals surface area (Å²) in [5.74, 6) is -0.872. The molecule has 1 saturated carbocycles. The Hall–Kier alpha value is -2.08. The maximum Gasteiger partial charge on any atom is 0.241 e. The maximum atomic E-state index is 11.7. The van der Waals surface area contributed by atoms with E-state index >= 15 is 0 Å². The largest absolute Gasteiger partial charge is 0.325 e. The molecule has 7 heteroatoms. The molecule has 0 atom stereocenters.